The van der Waals surface area contributed by atoms with E-state index in [-0.39, 0.29) is 0 Å². The normalized spacial score (nSPS) is 10.9. The van der Waals surface area contributed by atoms with Crippen LogP contribution in [-0.2, 0) is 0 Å². The molecule has 0 fully saturated rings. The van der Waals surface area contributed by atoms with E-state index in [0.717, 1.165) is 0 Å². The van der Waals surface area contributed by atoms with Gasteiger partial charge < -0.3 is 4.57 Å². The highest BCUT2D eigenvalue weighted by molar-refractivity contribution is 5.96. The third-order valence-electron chi connectivity index (χ3n) is 3.83. The monoisotopic (exact) mass is 269 g/mol. The summed E-state index contributed by atoms with van der Waals surface area (Å²) in [6.45, 7) is 0. The summed E-state index contributed by atoms with van der Waals surface area (Å²) in [6.07, 6.45) is 4.41. The Bertz CT molecular complexity index is 874. The van der Waals surface area contributed by atoms with Crippen LogP contribution in [0.15, 0.2) is 91.3 Å². The third-order valence-corrected chi connectivity index (χ3v) is 3.83. The van der Waals surface area contributed by atoms with E-state index in [9.17, 15) is 0 Å². The molecule has 0 aliphatic heterocycles. The van der Waals surface area contributed by atoms with Crippen LogP contribution in [0.2, 0.25) is 0 Å². The fourth-order valence-corrected chi connectivity index (χ4v) is 2.78. The molecule has 21 heavy (non-hydrogen) atoms. The van der Waals surface area contributed by atoms with Crippen LogP contribution in [0, 0.1) is 0 Å². The zero-order chi connectivity index (χ0) is 14.1. The molecular formula is C20H15N. The Morgan fingerprint density at radius 1 is 0.571 bits per heavy atom. The fraction of sp³-hybridized carbons (Fsp3) is 0. The van der Waals surface area contributed by atoms with Crippen LogP contribution < -0.4 is 0 Å². The van der Waals surface area contributed by atoms with Crippen molar-refractivity contribution in [2.45, 2.75) is 0 Å². The Labute approximate surface area is 124 Å². The topological polar surface area (TPSA) is 4.93 Å². The van der Waals surface area contributed by atoms with Crippen LogP contribution in [0.3, 0.4) is 0 Å². The molecule has 1 heterocycles. The molecule has 4 rings (SSSR count). The van der Waals surface area contributed by atoms with Gasteiger partial charge in [-0.2, -0.15) is 0 Å². The van der Waals surface area contributed by atoms with Gasteiger partial charge in [0.1, 0.15) is 0 Å². The SMILES string of the molecule is c1ccc(-c2cccc3cn(-c4ccccc4)cc23)cc1. The number of para-hydroxylation sites is 1. The van der Waals surface area contributed by atoms with Crippen molar-refractivity contribution in [2.24, 2.45) is 0 Å². The fourth-order valence-electron chi connectivity index (χ4n) is 2.78. The van der Waals surface area contributed by atoms with E-state index >= 15 is 0 Å². The maximum absolute atomic E-state index is 2.22. The van der Waals surface area contributed by atoms with E-state index in [0.29, 0.717) is 0 Å². The molecule has 0 N–H and O–H groups in total. The number of benzene rings is 3. The summed E-state index contributed by atoms with van der Waals surface area (Å²) < 4.78 is 2.19. The molecule has 0 unspecified atom stereocenters. The van der Waals surface area contributed by atoms with E-state index in [2.05, 4.69) is 89.8 Å². The zero-order valence-corrected chi connectivity index (χ0v) is 11.6. The molecule has 0 bridgehead atoms. The summed E-state index contributed by atoms with van der Waals surface area (Å²) in [6, 6.07) is 27.5. The second-order valence-corrected chi connectivity index (χ2v) is 5.18. The molecule has 0 aliphatic carbocycles. The summed E-state index contributed by atoms with van der Waals surface area (Å²) in [4.78, 5) is 0. The summed E-state index contributed by atoms with van der Waals surface area (Å²) >= 11 is 0. The van der Waals surface area contributed by atoms with Crippen molar-refractivity contribution in [3.8, 4) is 16.8 Å². The quantitative estimate of drug-likeness (QED) is 0.465. The molecule has 4 aromatic rings. The van der Waals surface area contributed by atoms with Crippen molar-refractivity contribution in [2.75, 3.05) is 0 Å². The van der Waals surface area contributed by atoms with Gasteiger partial charge in [0.25, 0.3) is 0 Å². The molecule has 0 atom stereocenters. The van der Waals surface area contributed by atoms with Crippen LogP contribution in [0.25, 0.3) is 27.6 Å². The van der Waals surface area contributed by atoms with Crippen LogP contribution in [0.1, 0.15) is 0 Å². The maximum Gasteiger partial charge on any atom is 0.0449 e. The highest BCUT2D eigenvalue weighted by Crippen LogP contribution is 2.30. The number of nitrogens with zero attached hydrogens (tertiary/aromatic N) is 1. The Morgan fingerprint density at radius 3 is 2.05 bits per heavy atom. The van der Waals surface area contributed by atoms with Crippen LogP contribution in [0.4, 0.5) is 0 Å². The standard InChI is InChI=1S/C20H15N/c1-3-8-16(9-4-1)19-13-7-10-17-14-21(15-20(17)19)18-11-5-2-6-12-18/h1-15H. The summed E-state index contributed by atoms with van der Waals surface area (Å²) in [7, 11) is 0. The Kier molecular flexibility index (Phi) is 2.82. The lowest BCUT2D eigenvalue weighted by atomic mass is 10.0. The van der Waals surface area contributed by atoms with Crippen molar-refractivity contribution in [3.63, 3.8) is 0 Å². The van der Waals surface area contributed by atoms with Gasteiger partial charge >= 0.3 is 0 Å². The molecule has 100 valence electrons. The van der Waals surface area contributed by atoms with Gasteiger partial charge in [-0.3, -0.25) is 0 Å². The Hall–Kier alpha value is -2.80. The van der Waals surface area contributed by atoms with E-state index in [1.54, 1.807) is 0 Å². The van der Waals surface area contributed by atoms with E-state index in [4.69, 9.17) is 0 Å². The van der Waals surface area contributed by atoms with Crippen LogP contribution >= 0.6 is 0 Å². The van der Waals surface area contributed by atoms with Gasteiger partial charge in [0.2, 0.25) is 0 Å². The number of hydrogen-bond donors (Lipinski definition) is 0. The predicted octanol–water partition coefficient (Wildman–Crippen LogP) is 5.30. The molecule has 0 aliphatic rings. The molecule has 1 nitrogen and oxygen atoms in total. The molecule has 0 spiro atoms. The van der Waals surface area contributed by atoms with Crippen LogP contribution in [0.5, 0.6) is 0 Å². The molecule has 1 heteroatoms. The van der Waals surface area contributed by atoms with Crippen molar-refractivity contribution in [3.05, 3.63) is 91.3 Å². The molecule has 0 saturated heterocycles. The first-order valence-corrected chi connectivity index (χ1v) is 7.13. The van der Waals surface area contributed by atoms with E-state index in [1.807, 2.05) is 6.07 Å². The maximum atomic E-state index is 2.22. The predicted molar refractivity (Wildman–Crippen MR) is 88.7 cm³/mol. The number of hydrogen-bond acceptors (Lipinski definition) is 0. The highest BCUT2D eigenvalue weighted by Gasteiger charge is 2.06. The number of aromatic nitrogens is 1. The van der Waals surface area contributed by atoms with Gasteiger partial charge in [-0.25, -0.2) is 0 Å². The second-order valence-electron chi connectivity index (χ2n) is 5.18. The van der Waals surface area contributed by atoms with Gasteiger partial charge in [0.05, 0.1) is 0 Å². The minimum atomic E-state index is 1.19. The lowest BCUT2D eigenvalue weighted by Crippen LogP contribution is -1.87. The number of fused-ring (bicyclic) bond motifs is 1. The summed E-state index contributed by atoms with van der Waals surface area (Å²) in [5.74, 6) is 0. The molecular weight excluding hydrogens is 254 g/mol. The van der Waals surface area contributed by atoms with Gasteiger partial charge in [-0.05, 0) is 23.3 Å². The average Bonchev–Trinajstić information content (AvgIpc) is 3.00. The first-order chi connectivity index (χ1) is 10.4. The Morgan fingerprint density at radius 2 is 1.29 bits per heavy atom. The summed E-state index contributed by atoms with van der Waals surface area (Å²) in [5.41, 5.74) is 3.73. The smallest absolute Gasteiger partial charge is 0.0449 e. The van der Waals surface area contributed by atoms with Gasteiger partial charge in [-0.1, -0.05) is 66.7 Å². The number of rotatable bonds is 2. The van der Waals surface area contributed by atoms with Crippen molar-refractivity contribution < 1.29 is 0 Å². The van der Waals surface area contributed by atoms with Crippen molar-refractivity contribution in [1.29, 1.82) is 0 Å². The van der Waals surface area contributed by atoms with E-state index < -0.39 is 0 Å². The van der Waals surface area contributed by atoms with Gasteiger partial charge in [0, 0.05) is 28.9 Å². The molecule has 1 aromatic heterocycles. The molecule has 0 amide bonds. The van der Waals surface area contributed by atoms with Gasteiger partial charge in [-0.15, -0.1) is 0 Å². The molecule has 3 aromatic carbocycles. The lowest BCUT2D eigenvalue weighted by molar-refractivity contribution is 1.09. The molecule has 0 saturated carbocycles. The minimum Gasteiger partial charge on any atom is -0.323 e. The molecule has 0 radical (unpaired) electrons. The average molecular weight is 269 g/mol. The van der Waals surface area contributed by atoms with Crippen molar-refractivity contribution >= 4 is 10.8 Å². The van der Waals surface area contributed by atoms with Crippen LogP contribution in [-0.4, -0.2) is 4.57 Å². The van der Waals surface area contributed by atoms with Crippen molar-refractivity contribution in [1.82, 2.24) is 4.57 Å². The first-order valence-electron chi connectivity index (χ1n) is 7.13. The lowest BCUT2D eigenvalue weighted by Gasteiger charge is -2.03. The minimum absolute atomic E-state index is 1.19. The Balaban J connectivity index is 1.93. The highest BCUT2D eigenvalue weighted by atomic mass is 14.9. The largest absolute Gasteiger partial charge is 0.323 e. The second kappa shape index (κ2) is 4.95. The van der Waals surface area contributed by atoms with Gasteiger partial charge in [0.15, 0.2) is 0 Å². The zero-order valence-electron chi connectivity index (χ0n) is 11.6. The first kappa shape index (κ1) is 12.0. The summed E-state index contributed by atoms with van der Waals surface area (Å²) in [5, 5.41) is 2.55. The van der Waals surface area contributed by atoms with E-state index in [1.165, 1.54) is 27.6 Å². The third kappa shape index (κ3) is 2.13.